The van der Waals surface area contributed by atoms with Crippen molar-refractivity contribution in [2.24, 2.45) is 0 Å². The molecule has 1 atom stereocenters. The maximum atomic E-state index is 12.8. The number of anilines is 1. The number of rotatable bonds is 8. The van der Waals surface area contributed by atoms with Gasteiger partial charge in [-0.05, 0) is 50.1 Å². The van der Waals surface area contributed by atoms with Crippen LogP contribution in [0.15, 0.2) is 75.5 Å². The van der Waals surface area contributed by atoms with E-state index in [1.807, 2.05) is 32.0 Å². The normalized spacial score (nSPS) is 15.5. The number of carbonyl (C=O) groups is 2. The lowest BCUT2D eigenvalue weighted by atomic mass is 9.86. The van der Waals surface area contributed by atoms with Crippen molar-refractivity contribution in [1.29, 1.82) is 5.26 Å². The van der Waals surface area contributed by atoms with Gasteiger partial charge in [-0.1, -0.05) is 36.5 Å². The number of dihydropyridines is 1. The minimum absolute atomic E-state index is 0.0479. The number of carbonyl (C=O) groups excluding carboxylic acids is 2. The summed E-state index contributed by atoms with van der Waals surface area (Å²) in [4.78, 5) is 25.4. The number of hydrogen-bond acceptors (Lipinski definition) is 7. The third-order valence-electron chi connectivity index (χ3n) is 5.04. The number of allylic oxidation sites excluding steroid dienone is 2. The highest BCUT2D eigenvalue weighted by molar-refractivity contribution is 8.03. The zero-order valence-electron chi connectivity index (χ0n) is 18.7. The van der Waals surface area contributed by atoms with Gasteiger partial charge in [0.25, 0.3) is 0 Å². The van der Waals surface area contributed by atoms with Gasteiger partial charge in [-0.15, -0.1) is 0 Å². The predicted molar refractivity (Wildman–Crippen MR) is 128 cm³/mol. The number of esters is 1. The van der Waals surface area contributed by atoms with Gasteiger partial charge >= 0.3 is 5.97 Å². The van der Waals surface area contributed by atoms with Gasteiger partial charge in [0.2, 0.25) is 5.91 Å². The highest BCUT2D eigenvalue weighted by Gasteiger charge is 2.37. The molecule has 0 bridgehead atoms. The summed E-state index contributed by atoms with van der Waals surface area (Å²) in [5.41, 5.74) is 3.86. The molecule has 1 aliphatic heterocycles. The molecule has 2 heterocycles. The van der Waals surface area contributed by atoms with Crippen LogP contribution in [0.2, 0.25) is 0 Å². The first-order valence-electron chi connectivity index (χ1n) is 10.3. The lowest BCUT2D eigenvalue weighted by Crippen LogP contribution is -2.29. The molecule has 7 nitrogen and oxygen atoms in total. The molecule has 1 unspecified atom stereocenters. The number of nitrogens with one attached hydrogen (secondary N) is 2. The van der Waals surface area contributed by atoms with Crippen molar-refractivity contribution in [2.75, 3.05) is 17.7 Å². The second kappa shape index (κ2) is 10.7. The van der Waals surface area contributed by atoms with E-state index in [-0.39, 0.29) is 29.4 Å². The topological polar surface area (TPSA) is 104 Å². The molecule has 2 aromatic rings. The molecule has 0 aliphatic carbocycles. The molecule has 170 valence electrons. The SMILES string of the molecule is C=CCOC(=O)C1=C(C)NC(SCC(=O)Nc2cc(C)ccc2C)=C(C#N)C1c1ccco1. The van der Waals surface area contributed by atoms with E-state index in [0.717, 1.165) is 16.8 Å². The lowest BCUT2D eigenvalue weighted by molar-refractivity contribution is -0.138. The van der Waals surface area contributed by atoms with E-state index in [9.17, 15) is 14.9 Å². The van der Waals surface area contributed by atoms with Gasteiger partial charge in [-0.3, -0.25) is 4.79 Å². The molecule has 8 heteroatoms. The Morgan fingerprint density at radius 1 is 1.33 bits per heavy atom. The maximum absolute atomic E-state index is 12.8. The van der Waals surface area contributed by atoms with E-state index in [1.54, 1.807) is 19.1 Å². The molecule has 0 saturated carbocycles. The fourth-order valence-electron chi connectivity index (χ4n) is 3.44. The Labute approximate surface area is 197 Å². The Bertz CT molecular complexity index is 1170. The molecule has 33 heavy (non-hydrogen) atoms. The number of furan rings is 1. The number of nitriles is 1. The van der Waals surface area contributed by atoms with Crippen molar-refractivity contribution in [3.63, 3.8) is 0 Å². The lowest BCUT2D eigenvalue weighted by Gasteiger charge is -2.27. The molecule has 1 aliphatic rings. The standard InChI is InChI=1S/C25H25N3O4S/c1-5-10-32-25(30)22-17(4)27-24(18(13-26)23(22)20-7-6-11-31-20)33-14-21(29)28-19-12-15(2)8-9-16(19)3/h5-9,11-12,23,27H,1,10,14H2,2-4H3,(H,28,29). The molecule has 0 fully saturated rings. The van der Waals surface area contributed by atoms with Crippen LogP contribution in [0, 0.1) is 25.2 Å². The van der Waals surface area contributed by atoms with Gasteiger partial charge in [0, 0.05) is 11.4 Å². The quantitative estimate of drug-likeness (QED) is 0.432. The first-order valence-corrected chi connectivity index (χ1v) is 11.3. The fraction of sp³-hybridized carbons (Fsp3) is 0.240. The Morgan fingerprint density at radius 3 is 2.79 bits per heavy atom. The third kappa shape index (κ3) is 5.57. The first-order chi connectivity index (χ1) is 15.8. The Kier molecular flexibility index (Phi) is 7.80. The summed E-state index contributed by atoms with van der Waals surface area (Å²) >= 11 is 1.19. The number of amides is 1. The van der Waals surface area contributed by atoms with E-state index in [2.05, 4.69) is 23.3 Å². The zero-order chi connectivity index (χ0) is 24.0. The van der Waals surface area contributed by atoms with Crippen LogP contribution in [-0.2, 0) is 14.3 Å². The average Bonchev–Trinajstić information content (AvgIpc) is 3.32. The van der Waals surface area contributed by atoms with Crippen LogP contribution in [0.3, 0.4) is 0 Å². The molecule has 0 saturated heterocycles. The summed E-state index contributed by atoms with van der Waals surface area (Å²) < 4.78 is 10.8. The fourth-order valence-corrected chi connectivity index (χ4v) is 4.34. The second-order valence-electron chi connectivity index (χ2n) is 7.51. The zero-order valence-corrected chi connectivity index (χ0v) is 19.5. The first kappa shape index (κ1) is 24.0. The summed E-state index contributed by atoms with van der Waals surface area (Å²) in [5, 5.41) is 16.5. The minimum Gasteiger partial charge on any atom is -0.468 e. The summed E-state index contributed by atoms with van der Waals surface area (Å²) in [5.74, 6) is -0.989. The van der Waals surface area contributed by atoms with Gasteiger partial charge in [0.15, 0.2) is 0 Å². The van der Waals surface area contributed by atoms with Crippen LogP contribution in [0.1, 0.15) is 29.7 Å². The number of nitrogens with zero attached hydrogens (tertiary/aromatic N) is 1. The van der Waals surface area contributed by atoms with Gasteiger partial charge in [-0.25, -0.2) is 4.79 Å². The third-order valence-corrected chi connectivity index (χ3v) is 6.06. The van der Waals surface area contributed by atoms with Crippen LogP contribution in [0.5, 0.6) is 0 Å². The maximum Gasteiger partial charge on any atom is 0.337 e. The van der Waals surface area contributed by atoms with Crippen molar-refractivity contribution in [3.8, 4) is 6.07 Å². The molecule has 2 N–H and O–H groups in total. The summed E-state index contributed by atoms with van der Waals surface area (Å²) in [6, 6.07) is 11.4. The second-order valence-corrected chi connectivity index (χ2v) is 8.49. The molecular formula is C25H25N3O4S. The molecule has 0 spiro atoms. The summed E-state index contributed by atoms with van der Waals surface area (Å²) in [6.07, 6.45) is 2.96. The van der Waals surface area contributed by atoms with E-state index in [1.165, 1.54) is 24.1 Å². The Morgan fingerprint density at radius 2 is 2.12 bits per heavy atom. The number of aryl methyl sites for hydroxylation is 2. The van der Waals surface area contributed by atoms with Gasteiger partial charge in [0.1, 0.15) is 12.4 Å². The van der Waals surface area contributed by atoms with E-state index in [0.29, 0.717) is 16.5 Å². The van der Waals surface area contributed by atoms with Gasteiger partial charge in [-0.2, -0.15) is 5.26 Å². The van der Waals surface area contributed by atoms with Crippen molar-refractivity contribution in [1.82, 2.24) is 5.32 Å². The van der Waals surface area contributed by atoms with Gasteiger partial charge < -0.3 is 19.8 Å². The highest BCUT2D eigenvalue weighted by atomic mass is 32.2. The largest absolute Gasteiger partial charge is 0.468 e. The van der Waals surface area contributed by atoms with E-state index < -0.39 is 11.9 Å². The van der Waals surface area contributed by atoms with Crippen molar-refractivity contribution < 1.29 is 18.7 Å². The number of thioether (sulfide) groups is 1. The Balaban J connectivity index is 1.84. The highest BCUT2D eigenvalue weighted by Crippen LogP contribution is 2.41. The number of ether oxygens (including phenoxy) is 1. The van der Waals surface area contributed by atoms with Gasteiger partial charge in [0.05, 0.1) is 40.2 Å². The molecule has 1 aromatic carbocycles. The summed E-state index contributed by atoms with van der Waals surface area (Å²) in [7, 11) is 0. The smallest absolute Gasteiger partial charge is 0.337 e. The van der Waals surface area contributed by atoms with Crippen molar-refractivity contribution >= 4 is 29.3 Å². The number of hydrogen-bond donors (Lipinski definition) is 2. The summed E-state index contributed by atoms with van der Waals surface area (Å²) in [6.45, 7) is 9.22. The predicted octanol–water partition coefficient (Wildman–Crippen LogP) is 4.69. The number of benzene rings is 1. The molecule has 1 aromatic heterocycles. The van der Waals surface area contributed by atoms with Crippen LogP contribution in [0.25, 0.3) is 0 Å². The van der Waals surface area contributed by atoms with E-state index in [4.69, 9.17) is 9.15 Å². The van der Waals surface area contributed by atoms with Crippen molar-refractivity contribution in [3.05, 3.63) is 88.0 Å². The van der Waals surface area contributed by atoms with Crippen LogP contribution < -0.4 is 10.6 Å². The molecular weight excluding hydrogens is 438 g/mol. The van der Waals surface area contributed by atoms with Crippen LogP contribution >= 0.6 is 11.8 Å². The van der Waals surface area contributed by atoms with Crippen LogP contribution in [0.4, 0.5) is 5.69 Å². The van der Waals surface area contributed by atoms with E-state index >= 15 is 0 Å². The monoisotopic (exact) mass is 463 g/mol. The average molecular weight is 464 g/mol. The van der Waals surface area contributed by atoms with Crippen LogP contribution in [-0.4, -0.2) is 24.2 Å². The molecule has 0 radical (unpaired) electrons. The Hall–Kier alpha value is -3.70. The molecule has 1 amide bonds. The minimum atomic E-state index is -0.742. The molecule has 3 rings (SSSR count). The van der Waals surface area contributed by atoms with Crippen molar-refractivity contribution in [2.45, 2.75) is 26.7 Å².